The van der Waals surface area contributed by atoms with Crippen molar-refractivity contribution in [2.24, 2.45) is 0 Å². The fourth-order valence-corrected chi connectivity index (χ4v) is 3.24. The minimum Gasteiger partial charge on any atom is -0.321 e. The van der Waals surface area contributed by atoms with Crippen LogP contribution in [0, 0.1) is 6.92 Å². The van der Waals surface area contributed by atoms with Crippen LogP contribution < -0.4 is 10.0 Å². The molecule has 0 unspecified atom stereocenters. The highest BCUT2D eigenvalue weighted by Crippen LogP contribution is 2.19. The quantitative estimate of drug-likeness (QED) is 0.650. The predicted octanol–water partition coefficient (Wildman–Crippen LogP) is 2.17. The van der Waals surface area contributed by atoms with Crippen molar-refractivity contribution in [2.75, 3.05) is 12.4 Å². The van der Waals surface area contributed by atoms with Gasteiger partial charge in [0.1, 0.15) is 0 Å². The Labute approximate surface area is 145 Å². The van der Waals surface area contributed by atoms with Crippen LogP contribution in [0.5, 0.6) is 0 Å². The summed E-state index contributed by atoms with van der Waals surface area (Å²) in [5.74, 6) is -0.437. The number of aromatic amines is 1. The van der Waals surface area contributed by atoms with E-state index in [-0.39, 0.29) is 11.7 Å². The second-order valence-electron chi connectivity index (χ2n) is 5.74. The van der Waals surface area contributed by atoms with E-state index < -0.39 is 10.0 Å². The maximum Gasteiger partial charge on any atom is 0.276 e. The van der Waals surface area contributed by atoms with Crippen LogP contribution in [0.3, 0.4) is 0 Å². The normalized spacial score (nSPS) is 11.6. The van der Waals surface area contributed by atoms with E-state index in [2.05, 4.69) is 20.2 Å². The SMILES string of the molecule is CNS(=O)(=O)Cc1ccc(NC(=O)c2n[nH]c3ccc(C)cc23)cc1. The molecule has 0 spiro atoms. The van der Waals surface area contributed by atoms with Crippen molar-refractivity contribution in [3.63, 3.8) is 0 Å². The van der Waals surface area contributed by atoms with Crippen molar-refractivity contribution in [1.82, 2.24) is 14.9 Å². The van der Waals surface area contributed by atoms with Gasteiger partial charge in [-0.05, 0) is 43.8 Å². The predicted molar refractivity (Wildman–Crippen MR) is 96.9 cm³/mol. The van der Waals surface area contributed by atoms with Crippen molar-refractivity contribution in [3.05, 3.63) is 59.3 Å². The van der Waals surface area contributed by atoms with Crippen molar-refractivity contribution in [2.45, 2.75) is 12.7 Å². The topological polar surface area (TPSA) is 104 Å². The zero-order valence-electron chi connectivity index (χ0n) is 13.8. The highest BCUT2D eigenvalue weighted by Gasteiger charge is 2.15. The molecular weight excluding hydrogens is 340 g/mol. The molecule has 3 aromatic rings. The van der Waals surface area contributed by atoms with Crippen LogP contribution in [0.1, 0.15) is 21.6 Å². The molecule has 2 aromatic carbocycles. The maximum atomic E-state index is 12.5. The zero-order chi connectivity index (χ0) is 18.0. The van der Waals surface area contributed by atoms with Gasteiger partial charge in [-0.15, -0.1) is 0 Å². The second kappa shape index (κ2) is 6.66. The van der Waals surface area contributed by atoms with Gasteiger partial charge < -0.3 is 5.32 Å². The minimum atomic E-state index is -3.32. The first-order valence-corrected chi connectivity index (χ1v) is 9.29. The number of carbonyl (C=O) groups is 1. The molecule has 130 valence electrons. The Kier molecular flexibility index (Phi) is 4.56. The Morgan fingerprint density at radius 2 is 1.88 bits per heavy atom. The van der Waals surface area contributed by atoms with E-state index in [0.29, 0.717) is 16.9 Å². The number of benzene rings is 2. The molecule has 0 bridgehead atoms. The molecule has 0 saturated carbocycles. The molecule has 0 saturated heterocycles. The van der Waals surface area contributed by atoms with Crippen LogP contribution in [0.2, 0.25) is 0 Å². The lowest BCUT2D eigenvalue weighted by Gasteiger charge is -2.06. The first-order valence-electron chi connectivity index (χ1n) is 7.64. The molecule has 3 N–H and O–H groups in total. The number of hydrogen-bond acceptors (Lipinski definition) is 4. The van der Waals surface area contributed by atoms with Gasteiger partial charge in [0.15, 0.2) is 5.69 Å². The molecule has 25 heavy (non-hydrogen) atoms. The Bertz CT molecular complexity index is 1020. The van der Waals surface area contributed by atoms with E-state index >= 15 is 0 Å². The Morgan fingerprint density at radius 1 is 1.16 bits per heavy atom. The molecule has 1 aromatic heterocycles. The molecule has 0 radical (unpaired) electrons. The Balaban J connectivity index is 1.77. The number of H-pyrrole nitrogens is 1. The first kappa shape index (κ1) is 17.1. The van der Waals surface area contributed by atoms with Crippen LogP contribution in [-0.2, 0) is 15.8 Å². The first-order chi connectivity index (χ1) is 11.9. The summed E-state index contributed by atoms with van der Waals surface area (Å²) < 4.78 is 25.4. The number of aromatic nitrogens is 2. The fourth-order valence-electron chi connectivity index (χ4n) is 2.47. The van der Waals surface area contributed by atoms with Crippen LogP contribution in [0.4, 0.5) is 5.69 Å². The van der Waals surface area contributed by atoms with Gasteiger partial charge in [0.25, 0.3) is 5.91 Å². The zero-order valence-corrected chi connectivity index (χ0v) is 14.6. The average molecular weight is 358 g/mol. The standard InChI is InChI=1S/C17H18N4O3S/c1-11-3-8-15-14(9-11)16(21-20-15)17(22)19-13-6-4-12(5-7-13)10-25(23,24)18-2/h3-9,18H,10H2,1-2H3,(H,19,22)(H,20,21). The largest absolute Gasteiger partial charge is 0.321 e. The number of nitrogens with zero attached hydrogens (tertiary/aromatic N) is 1. The number of amides is 1. The number of aryl methyl sites for hydroxylation is 1. The van der Waals surface area contributed by atoms with Gasteiger partial charge in [0, 0.05) is 11.1 Å². The van der Waals surface area contributed by atoms with E-state index in [0.717, 1.165) is 16.5 Å². The molecule has 0 aliphatic rings. The molecule has 0 aliphatic carbocycles. The summed E-state index contributed by atoms with van der Waals surface area (Å²) in [6.07, 6.45) is 0. The monoisotopic (exact) mass is 358 g/mol. The van der Waals surface area contributed by atoms with Gasteiger partial charge in [0.05, 0.1) is 11.3 Å². The Hall–Kier alpha value is -2.71. The average Bonchev–Trinajstić information content (AvgIpc) is 2.99. The Morgan fingerprint density at radius 3 is 2.56 bits per heavy atom. The number of carbonyl (C=O) groups excluding carboxylic acids is 1. The van der Waals surface area contributed by atoms with Gasteiger partial charge >= 0.3 is 0 Å². The summed E-state index contributed by atoms with van der Waals surface area (Å²) in [6.45, 7) is 1.95. The third kappa shape index (κ3) is 3.86. The lowest BCUT2D eigenvalue weighted by molar-refractivity contribution is 0.102. The molecule has 8 heteroatoms. The van der Waals surface area contributed by atoms with Gasteiger partial charge in [-0.2, -0.15) is 5.10 Å². The summed E-state index contributed by atoms with van der Waals surface area (Å²) in [5, 5.41) is 10.5. The maximum absolute atomic E-state index is 12.5. The number of nitrogens with one attached hydrogen (secondary N) is 3. The molecule has 7 nitrogen and oxygen atoms in total. The summed E-state index contributed by atoms with van der Waals surface area (Å²) >= 11 is 0. The lowest BCUT2D eigenvalue weighted by atomic mass is 10.1. The summed E-state index contributed by atoms with van der Waals surface area (Å²) in [6, 6.07) is 12.4. The highest BCUT2D eigenvalue weighted by molar-refractivity contribution is 7.88. The molecule has 0 atom stereocenters. The second-order valence-corrected chi connectivity index (χ2v) is 7.66. The third-order valence-electron chi connectivity index (χ3n) is 3.81. The molecule has 0 aliphatic heterocycles. The van der Waals surface area contributed by atoms with E-state index in [1.807, 2.05) is 25.1 Å². The van der Waals surface area contributed by atoms with Crippen LogP contribution in [0.15, 0.2) is 42.5 Å². The minimum absolute atomic E-state index is 0.110. The summed E-state index contributed by atoms with van der Waals surface area (Å²) in [7, 11) is -1.95. The van der Waals surface area contributed by atoms with Crippen LogP contribution in [-0.4, -0.2) is 31.6 Å². The van der Waals surface area contributed by atoms with E-state index in [9.17, 15) is 13.2 Å². The fraction of sp³-hybridized carbons (Fsp3) is 0.176. The van der Waals surface area contributed by atoms with Gasteiger partial charge in [-0.3, -0.25) is 9.89 Å². The van der Waals surface area contributed by atoms with Gasteiger partial charge in [-0.1, -0.05) is 23.8 Å². The third-order valence-corrected chi connectivity index (χ3v) is 5.15. The van der Waals surface area contributed by atoms with Crippen molar-refractivity contribution >= 4 is 32.5 Å². The summed E-state index contributed by atoms with van der Waals surface area (Å²) in [4.78, 5) is 12.5. The van der Waals surface area contributed by atoms with Crippen LogP contribution >= 0.6 is 0 Å². The lowest BCUT2D eigenvalue weighted by Crippen LogP contribution is -2.20. The number of rotatable bonds is 5. The van der Waals surface area contributed by atoms with Crippen molar-refractivity contribution in [3.8, 4) is 0 Å². The summed E-state index contributed by atoms with van der Waals surface area (Å²) in [5.41, 5.74) is 3.36. The molecular formula is C17H18N4O3S. The smallest absolute Gasteiger partial charge is 0.276 e. The number of fused-ring (bicyclic) bond motifs is 1. The highest BCUT2D eigenvalue weighted by atomic mass is 32.2. The molecule has 0 fully saturated rings. The number of sulfonamides is 1. The van der Waals surface area contributed by atoms with E-state index in [1.165, 1.54) is 7.05 Å². The molecule has 3 rings (SSSR count). The van der Waals surface area contributed by atoms with Crippen molar-refractivity contribution < 1.29 is 13.2 Å². The number of anilines is 1. The van der Waals surface area contributed by atoms with Gasteiger partial charge in [-0.25, -0.2) is 13.1 Å². The van der Waals surface area contributed by atoms with Gasteiger partial charge in [0.2, 0.25) is 10.0 Å². The van der Waals surface area contributed by atoms with Crippen LogP contribution in [0.25, 0.3) is 10.9 Å². The molecule has 1 heterocycles. The van der Waals surface area contributed by atoms with E-state index in [1.54, 1.807) is 24.3 Å². The van der Waals surface area contributed by atoms with Crippen molar-refractivity contribution in [1.29, 1.82) is 0 Å². The van der Waals surface area contributed by atoms with E-state index in [4.69, 9.17) is 0 Å². The molecule has 1 amide bonds. The number of hydrogen-bond donors (Lipinski definition) is 3.